The highest BCUT2D eigenvalue weighted by Crippen LogP contribution is 2.28. The molecule has 1 fully saturated rings. The standard InChI is InChI=1S/C12H22O/c1-2-3-9-12(13)10-11-7-5-4-6-8-11/h2,11-13H,1,3-10H2. The molecule has 0 aliphatic heterocycles. The first-order valence-corrected chi connectivity index (χ1v) is 5.62. The molecule has 0 saturated heterocycles. The van der Waals surface area contributed by atoms with E-state index in [9.17, 15) is 5.11 Å². The fourth-order valence-corrected chi connectivity index (χ4v) is 2.24. The van der Waals surface area contributed by atoms with Crippen LogP contribution in [0.15, 0.2) is 12.7 Å². The van der Waals surface area contributed by atoms with Crippen molar-refractivity contribution in [3.8, 4) is 0 Å². The minimum Gasteiger partial charge on any atom is -0.393 e. The predicted octanol–water partition coefficient (Wildman–Crippen LogP) is 3.28. The van der Waals surface area contributed by atoms with Crippen molar-refractivity contribution in [2.75, 3.05) is 0 Å². The zero-order valence-corrected chi connectivity index (χ0v) is 8.54. The normalized spacial score (nSPS) is 21.3. The fraction of sp³-hybridized carbons (Fsp3) is 0.833. The van der Waals surface area contributed by atoms with Gasteiger partial charge in [-0.2, -0.15) is 0 Å². The van der Waals surface area contributed by atoms with E-state index in [4.69, 9.17) is 0 Å². The molecule has 1 unspecified atom stereocenters. The van der Waals surface area contributed by atoms with Crippen LogP contribution >= 0.6 is 0 Å². The Balaban J connectivity index is 2.10. The summed E-state index contributed by atoms with van der Waals surface area (Å²) >= 11 is 0. The van der Waals surface area contributed by atoms with Gasteiger partial charge in [-0.25, -0.2) is 0 Å². The van der Waals surface area contributed by atoms with Gasteiger partial charge in [-0.05, 0) is 25.2 Å². The summed E-state index contributed by atoms with van der Waals surface area (Å²) in [5.74, 6) is 0.800. The molecule has 1 aliphatic carbocycles. The highest BCUT2D eigenvalue weighted by molar-refractivity contribution is 4.73. The van der Waals surface area contributed by atoms with Crippen molar-refractivity contribution in [1.82, 2.24) is 0 Å². The Labute approximate surface area is 81.9 Å². The average molecular weight is 182 g/mol. The zero-order valence-electron chi connectivity index (χ0n) is 8.54. The Hall–Kier alpha value is -0.300. The molecule has 0 aromatic rings. The number of allylic oxidation sites excluding steroid dienone is 1. The molecule has 0 amide bonds. The van der Waals surface area contributed by atoms with E-state index in [0.717, 1.165) is 25.2 Å². The van der Waals surface area contributed by atoms with Crippen LogP contribution in [0.2, 0.25) is 0 Å². The lowest BCUT2D eigenvalue weighted by Crippen LogP contribution is -2.15. The van der Waals surface area contributed by atoms with Crippen molar-refractivity contribution in [2.24, 2.45) is 5.92 Å². The van der Waals surface area contributed by atoms with Crippen molar-refractivity contribution in [3.05, 3.63) is 12.7 Å². The molecule has 0 aromatic carbocycles. The Morgan fingerprint density at radius 1 is 1.31 bits per heavy atom. The lowest BCUT2D eigenvalue weighted by Gasteiger charge is -2.23. The van der Waals surface area contributed by atoms with Crippen LogP contribution in [-0.4, -0.2) is 11.2 Å². The molecule has 0 aromatic heterocycles. The maximum absolute atomic E-state index is 9.68. The highest BCUT2D eigenvalue weighted by atomic mass is 16.3. The molecule has 1 saturated carbocycles. The second-order valence-corrected chi connectivity index (χ2v) is 4.26. The van der Waals surface area contributed by atoms with Crippen molar-refractivity contribution >= 4 is 0 Å². The van der Waals surface area contributed by atoms with Crippen LogP contribution in [0.5, 0.6) is 0 Å². The minimum atomic E-state index is -0.0823. The first kappa shape index (κ1) is 10.8. The minimum absolute atomic E-state index is 0.0823. The van der Waals surface area contributed by atoms with Gasteiger partial charge >= 0.3 is 0 Å². The molecule has 13 heavy (non-hydrogen) atoms. The molecule has 0 radical (unpaired) electrons. The highest BCUT2D eigenvalue weighted by Gasteiger charge is 2.16. The monoisotopic (exact) mass is 182 g/mol. The molecule has 1 N–H and O–H groups in total. The lowest BCUT2D eigenvalue weighted by atomic mass is 9.85. The van der Waals surface area contributed by atoms with Gasteiger partial charge in [-0.1, -0.05) is 38.2 Å². The zero-order chi connectivity index (χ0) is 9.52. The van der Waals surface area contributed by atoms with E-state index in [0.29, 0.717) is 0 Å². The molecular weight excluding hydrogens is 160 g/mol. The Bertz CT molecular complexity index is 136. The van der Waals surface area contributed by atoms with Crippen LogP contribution < -0.4 is 0 Å². The number of rotatable bonds is 5. The van der Waals surface area contributed by atoms with E-state index in [2.05, 4.69) is 6.58 Å². The van der Waals surface area contributed by atoms with Crippen molar-refractivity contribution in [1.29, 1.82) is 0 Å². The summed E-state index contributed by atoms with van der Waals surface area (Å²) in [6.45, 7) is 3.67. The quantitative estimate of drug-likeness (QED) is 0.647. The number of hydrogen-bond acceptors (Lipinski definition) is 1. The first-order chi connectivity index (χ1) is 6.33. The summed E-state index contributed by atoms with van der Waals surface area (Å²) < 4.78 is 0. The number of aliphatic hydroxyl groups excluding tert-OH is 1. The summed E-state index contributed by atoms with van der Waals surface area (Å²) in [5.41, 5.74) is 0. The third-order valence-electron chi connectivity index (χ3n) is 3.03. The van der Waals surface area contributed by atoms with E-state index >= 15 is 0 Å². The van der Waals surface area contributed by atoms with E-state index in [1.54, 1.807) is 0 Å². The maximum atomic E-state index is 9.68. The summed E-state index contributed by atoms with van der Waals surface area (Å²) in [4.78, 5) is 0. The molecule has 1 atom stereocenters. The van der Waals surface area contributed by atoms with Crippen LogP contribution in [0.25, 0.3) is 0 Å². The predicted molar refractivity (Wildman–Crippen MR) is 56.6 cm³/mol. The Morgan fingerprint density at radius 2 is 2.00 bits per heavy atom. The maximum Gasteiger partial charge on any atom is 0.0545 e. The lowest BCUT2D eigenvalue weighted by molar-refractivity contribution is 0.123. The van der Waals surface area contributed by atoms with E-state index in [-0.39, 0.29) is 6.10 Å². The van der Waals surface area contributed by atoms with Gasteiger partial charge in [-0.3, -0.25) is 0 Å². The molecule has 1 heteroatoms. The third kappa shape index (κ3) is 4.47. The van der Waals surface area contributed by atoms with Gasteiger partial charge < -0.3 is 5.11 Å². The SMILES string of the molecule is C=CCCC(O)CC1CCCCC1. The second kappa shape index (κ2) is 6.20. The first-order valence-electron chi connectivity index (χ1n) is 5.62. The van der Waals surface area contributed by atoms with Gasteiger partial charge in [-0.15, -0.1) is 6.58 Å². The summed E-state index contributed by atoms with van der Waals surface area (Å²) in [7, 11) is 0. The van der Waals surface area contributed by atoms with Gasteiger partial charge in [0.2, 0.25) is 0 Å². The Morgan fingerprint density at radius 3 is 2.62 bits per heavy atom. The molecule has 0 spiro atoms. The molecule has 0 heterocycles. The second-order valence-electron chi connectivity index (χ2n) is 4.26. The molecule has 0 bridgehead atoms. The van der Waals surface area contributed by atoms with Crippen LogP contribution in [0, 0.1) is 5.92 Å². The molecule has 1 nitrogen and oxygen atoms in total. The van der Waals surface area contributed by atoms with E-state index in [1.807, 2.05) is 6.08 Å². The van der Waals surface area contributed by atoms with Crippen molar-refractivity contribution in [2.45, 2.75) is 57.5 Å². The summed E-state index contributed by atoms with van der Waals surface area (Å²) in [6, 6.07) is 0. The largest absolute Gasteiger partial charge is 0.393 e. The van der Waals surface area contributed by atoms with Gasteiger partial charge in [0.25, 0.3) is 0 Å². The molecule has 1 rings (SSSR count). The number of hydrogen-bond donors (Lipinski definition) is 1. The van der Waals surface area contributed by atoms with Gasteiger partial charge in [0.1, 0.15) is 0 Å². The third-order valence-corrected chi connectivity index (χ3v) is 3.03. The molecule has 76 valence electrons. The van der Waals surface area contributed by atoms with Crippen molar-refractivity contribution in [3.63, 3.8) is 0 Å². The van der Waals surface area contributed by atoms with Crippen LogP contribution in [0.1, 0.15) is 51.4 Å². The van der Waals surface area contributed by atoms with Gasteiger partial charge in [0.15, 0.2) is 0 Å². The van der Waals surface area contributed by atoms with E-state index in [1.165, 1.54) is 32.1 Å². The van der Waals surface area contributed by atoms with Crippen LogP contribution in [0.3, 0.4) is 0 Å². The number of aliphatic hydroxyl groups is 1. The molecule has 1 aliphatic rings. The van der Waals surface area contributed by atoms with Gasteiger partial charge in [0, 0.05) is 0 Å². The van der Waals surface area contributed by atoms with Gasteiger partial charge in [0.05, 0.1) is 6.10 Å². The van der Waals surface area contributed by atoms with Crippen LogP contribution in [-0.2, 0) is 0 Å². The van der Waals surface area contributed by atoms with Crippen LogP contribution in [0.4, 0.5) is 0 Å². The topological polar surface area (TPSA) is 20.2 Å². The summed E-state index contributed by atoms with van der Waals surface area (Å²) in [6.07, 6.45) is 11.5. The van der Waals surface area contributed by atoms with Crippen molar-refractivity contribution < 1.29 is 5.11 Å². The Kier molecular flexibility index (Phi) is 5.14. The van der Waals surface area contributed by atoms with E-state index < -0.39 is 0 Å². The molecular formula is C12H22O. The average Bonchev–Trinajstić information content (AvgIpc) is 2.16. The smallest absolute Gasteiger partial charge is 0.0545 e. The summed E-state index contributed by atoms with van der Waals surface area (Å²) in [5, 5.41) is 9.68. The fourth-order valence-electron chi connectivity index (χ4n) is 2.24.